The fraction of sp³-hybridized carbons (Fsp3) is 0.522. The van der Waals surface area contributed by atoms with Crippen molar-refractivity contribution in [3.8, 4) is 11.5 Å². The van der Waals surface area contributed by atoms with E-state index in [1.54, 1.807) is 12.4 Å². The number of aryl methyl sites for hydroxylation is 2. The first-order chi connectivity index (χ1) is 15.0. The molecule has 1 aliphatic carbocycles. The van der Waals surface area contributed by atoms with Crippen LogP contribution in [0.25, 0.3) is 11.5 Å². The third-order valence-electron chi connectivity index (χ3n) is 6.64. The number of hydrogen-bond donors (Lipinski definition) is 0. The number of rotatable bonds is 6. The zero-order valence-corrected chi connectivity index (χ0v) is 18.0. The molecule has 5 rings (SSSR count). The van der Waals surface area contributed by atoms with Gasteiger partial charge in [-0.3, -0.25) is 9.78 Å². The molecule has 3 aromatic heterocycles. The standard InChI is InChI=1S/C23H27N5O3/c1-15-19(16(2)30-26-15)12-20(29)28-11-3-8-23(14-28,13-17-4-5-17)22-25-21(31-27-22)18-6-9-24-10-7-18/h6-7,9-10,17H,3-5,8,11-14H2,1-2H3. The molecule has 0 spiro atoms. The maximum atomic E-state index is 13.2. The highest BCUT2D eigenvalue weighted by Gasteiger charge is 2.45. The van der Waals surface area contributed by atoms with Crippen molar-refractivity contribution in [2.24, 2.45) is 5.92 Å². The van der Waals surface area contributed by atoms with E-state index in [4.69, 9.17) is 14.0 Å². The van der Waals surface area contributed by atoms with Gasteiger partial charge in [-0.25, -0.2) is 0 Å². The van der Waals surface area contributed by atoms with Crippen LogP contribution in [0.2, 0.25) is 0 Å². The number of likely N-dealkylation sites (tertiary alicyclic amines) is 1. The van der Waals surface area contributed by atoms with Gasteiger partial charge in [0, 0.05) is 36.6 Å². The lowest BCUT2D eigenvalue weighted by molar-refractivity contribution is -0.133. The summed E-state index contributed by atoms with van der Waals surface area (Å²) in [5, 5.41) is 8.38. The topological polar surface area (TPSA) is 98.2 Å². The molecule has 1 unspecified atom stereocenters. The van der Waals surface area contributed by atoms with E-state index in [1.807, 2.05) is 30.9 Å². The van der Waals surface area contributed by atoms with Crippen LogP contribution in [-0.2, 0) is 16.6 Å². The van der Waals surface area contributed by atoms with Crippen molar-refractivity contribution in [2.75, 3.05) is 13.1 Å². The third kappa shape index (κ3) is 3.98. The van der Waals surface area contributed by atoms with Gasteiger partial charge in [-0.05, 0) is 51.2 Å². The summed E-state index contributed by atoms with van der Waals surface area (Å²) in [5.74, 6) is 2.73. The molecule has 1 atom stereocenters. The highest BCUT2D eigenvalue weighted by molar-refractivity contribution is 5.79. The fourth-order valence-electron chi connectivity index (χ4n) is 4.73. The Kier molecular flexibility index (Phi) is 5.08. The summed E-state index contributed by atoms with van der Waals surface area (Å²) < 4.78 is 10.9. The molecule has 0 aromatic carbocycles. The van der Waals surface area contributed by atoms with Gasteiger partial charge in [0.1, 0.15) is 5.76 Å². The lowest BCUT2D eigenvalue weighted by atomic mass is 9.74. The van der Waals surface area contributed by atoms with Crippen LogP contribution in [-0.4, -0.2) is 44.2 Å². The number of pyridine rings is 1. The van der Waals surface area contributed by atoms with E-state index >= 15 is 0 Å². The maximum Gasteiger partial charge on any atom is 0.258 e. The number of carbonyl (C=O) groups excluding carboxylic acids is 1. The quantitative estimate of drug-likeness (QED) is 0.599. The third-order valence-corrected chi connectivity index (χ3v) is 6.64. The highest BCUT2D eigenvalue weighted by Crippen LogP contribution is 2.46. The summed E-state index contributed by atoms with van der Waals surface area (Å²) in [4.78, 5) is 24.0. The van der Waals surface area contributed by atoms with Crippen LogP contribution in [0, 0.1) is 19.8 Å². The van der Waals surface area contributed by atoms with E-state index < -0.39 is 0 Å². The molecule has 3 aromatic rings. The molecule has 0 radical (unpaired) electrons. The van der Waals surface area contributed by atoms with E-state index in [9.17, 15) is 4.79 Å². The molecule has 0 N–H and O–H groups in total. The summed E-state index contributed by atoms with van der Waals surface area (Å²) in [5.41, 5.74) is 2.27. The van der Waals surface area contributed by atoms with Gasteiger partial charge < -0.3 is 13.9 Å². The van der Waals surface area contributed by atoms with E-state index in [2.05, 4.69) is 15.3 Å². The van der Waals surface area contributed by atoms with Crippen molar-refractivity contribution in [1.82, 2.24) is 25.2 Å². The van der Waals surface area contributed by atoms with E-state index in [-0.39, 0.29) is 11.3 Å². The molecule has 162 valence electrons. The van der Waals surface area contributed by atoms with Crippen LogP contribution in [0.5, 0.6) is 0 Å². The molecule has 1 saturated carbocycles. The van der Waals surface area contributed by atoms with Crippen LogP contribution in [0.3, 0.4) is 0 Å². The van der Waals surface area contributed by atoms with Crippen molar-refractivity contribution >= 4 is 5.91 Å². The smallest absolute Gasteiger partial charge is 0.258 e. The molecule has 8 heteroatoms. The van der Waals surface area contributed by atoms with Gasteiger partial charge in [-0.1, -0.05) is 23.2 Å². The predicted octanol–water partition coefficient (Wildman–Crippen LogP) is 3.64. The van der Waals surface area contributed by atoms with Crippen LogP contribution >= 0.6 is 0 Å². The van der Waals surface area contributed by atoms with Crippen molar-refractivity contribution < 1.29 is 13.8 Å². The zero-order chi connectivity index (χ0) is 21.4. The van der Waals surface area contributed by atoms with Crippen LogP contribution in [0.1, 0.15) is 54.9 Å². The molecule has 2 aliphatic rings. The number of hydrogen-bond acceptors (Lipinski definition) is 7. The Morgan fingerprint density at radius 1 is 1.19 bits per heavy atom. The Hall–Kier alpha value is -3.03. The monoisotopic (exact) mass is 421 g/mol. The van der Waals surface area contributed by atoms with Crippen molar-refractivity contribution in [3.63, 3.8) is 0 Å². The summed E-state index contributed by atoms with van der Waals surface area (Å²) in [7, 11) is 0. The van der Waals surface area contributed by atoms with Gasteiger partial charge in [0.25, 0.3) is 5.89 Å². The second-order valence-electron chi connectivity index (χ2n) is 8.99. The second-order valence-corrected chi connectivity index (χ2v) is 8.99. The minimum Gasteiger partial charge on any atom is -0.361 e. The Morgan fingerprint density at radius 2 is 2.00 bits per heavy atom. The number of amides is 1. The lowest BCUT2D eigenvalue weighted by Gasteiger charge is -2.41. The molecule has 4 heterocycles. The SMILES string of the molecule is Cc1noc(C)c1CC(=O)N1CCCC(CC2CC2)(c2noc(-c3ccncc3)n2)C1. The first kappa shape index (κ1) is 19.9. The molecule has 0 bridgehead atoms. The number of nitrogens with zero attached hydrogens (tertiary/aromatic N) is 5. The molecule has 1 aliphatic heterocycles. The highest BCUT2D eigenvalue weighted by atomic mass is 16.5. The van der Waals surface area contributed by atoms with Gasteiger partial charge in [0.2, 0.25) is 5.91 Å². The van der Waals surface area contributed by atoms with E-state index in [1.165, 1.54) is 12.8 Å². The first-order valence-electron chi connectivity index (χ1n) is 11.0. The van der Waals surface area contributed by atoms with E-state index in [0.29, 0.717) is 30.5 Å². The van der Waals surface area contributed by atoms with Gasteiger partial charge in [-0.2, -0.15) is 4.98 Å². The minimum absolute atomic E-state index is 0.104. The van der Waals surface area contributed by atoms with Gasteiger partial charge >= 0.3 is 0 Å². The zero-order valence-electron chi connectivity index (χ0n) is 18.0. The summed E-state index contributed by atoms with van der Waals surface area (Å²) in [6.45, 7) is 5.12. The molecule has 8 nitrogen and oxygen atoms in total. The Labute approximate surface area is 181 Å². The van der Waals surface area contributed by atoms with Crippen molar-refractivity contribution in [1.29, 1.82) is 0 Å². The fourth-order valence-corrected chi connectivity index (χ4v) is 4.73. The number of piperidine rings is 1. The molecule has 1 saturated heterocycles. The minimum atomic E-state index is -0.261. The maximum absolute atomic E-state index is 13.2. The van der Waals surface area contributed by atoms with Crippen LogP contribution in [0.15, 0.2) is 33.6 Å². The number of aromatic nitrogens is 4. The molecule has 31 heavy (non-hydrogen) atoms. The van der Waals surface area contributed by atoms with Crippen LogP contribution in [0.4, 0.5) is 0 Å². The normalized spacial score (nSPS) is 21.4. The van der Waals surface area contributed by atoms with Crippen molar-refractivity contribution in [3.05, 3.63) is 47.4 Å². The molecular formula is C23H27N5O3. The Bertz CT molecular complexity index is 1050. The Balaban J connectivity index is 1.40. The van der Waals surface area contributed by atoms with Gasteiger partial charge in [0.15, 0.2) is 5.82 Å². The number of carbonyl (C=O) groups is 1. The molecule has 2 fully saturated rings. The summed E-state index contributed by atoms with van der Waals surface area (Å²) in [6.07, 6.45) is 9.12. The summed E-state index contributed by atoms with van der Waals surface area (Å²) >= 11 is 0. The largest absolute Gasteiger partial charge is 0.361 e. The predicted molar refractivity (Wildman–Crippen MR) is 112 cm³/mol. The lowest BCUT2D eigenvalue weighted by Crippen LogP contribution is -2.49. The average Bonchev–Trinajstić information content (AvgIpc) is 3.34. The first-order valence-corrected chi connectivity index (χ1v) is 11.0. The molecular weight excluding hydrogens is 394 g/mol. The second kappa shape index (κ2) is 7.90. The van der Waals surface area contributed by atoms with Crippen molar-refractivity contribution in [2.45, 2.75) is 57.8 Å². The van der Waals surface area contributed by atoms with Gasteiger partial charge in [-0.15, -0.1) is 0 Å². The van der Waals surface area contributed by atoms with Crippen LogP contribution < -0.4 is 0 Å². The summed E-state index contributed by atoms with van der Waals surface area (Å²) in [6, 6.07) is 3.73. The average molecular weight is 422 g/mol. The Morgan fingerprint density at radius 3 is 2.71 bits per heavy atom. The molecule has 1 amide bonds. The van der Waals surface area contributed by atoms with Gasteiger partial charge in [0.05, 0.1) is 17.5 Å². The van der Waals surface area contributed by atoms with E-state index in [0.717, 1.165) is 48.5 Å².